The zero-order valence-electron chi connectivity index (χ0n) is 11.1. The summed E-state index contributed by atoms with van der Waals surface area (Å²) in [5, 5.41) is 9.09. The van der Waals surface area contributed by atoms with Gasteiger partial charge >= 0.3 is 0 Å². The number of aryl methyl sites for hydroxylation is 1. The molecule has 2 N–H and O–H groups in total. The monoisotopic (exact) mass is 351 g/mol. The number of rotatable bonds is 6. The van der Waals surface area contributed by atoms with Crippen molar-refractivity contribution in [1.29, 1.82) is 0 Å². The maximum atomic E-state index is 12.3. The van der Waals surface area contributed by atoms with Gasteiger partial charge in [-0.15, -0.1) is 0 Å². The number of nitrogens with one attached hydrogen (secondary N) is 1. The molecule has 0 radical (unpaired) electrons. The van der Waals surface area contributed by atoms with Crippen molar-refractivity contribution in [3.63, 3.8) is 0 Å². The summed E-state index contributed by atoms with van der Waals surface area (Å²) >= 11 is 3.31. The average Bonchev–Trinajstić information content (AvgIpc) is 2.38. The van der Waals surface area contributed by atoms with Gasteiger partial charge in [-0.25, -0.2) is 13.1 Å². The van der Waals surface area contributed by atoms with E-state index in [0.717, 1.165) is 5.56 Å². The van der Waals surface area contributed by atoms with Crippen molar-refractivity contribution in [3.05, 3.63) is 22.2 Å². The normalized spacial score (nSPS) is 13.3. The molecule has 0 aliphatic heterocycles. The largest absolute Gasteiger partial charge is 0.495 e. The molecule has 0 saturated heterocycles. The van der Waals surface area contributed by atoms with Gasteiger partial charge in [0.1, 0.15) is 10.6 Å². The van der Waals surface area contributed by atoms with E-state index < -0.39 is 16.1 Å². The molecule has 108 valence electrons. The number of aliphatic hydroxyl groups is 1. The summed E-state index contributed by atoms with van der Waals surface area (Å²) in [5.41, 5.74) is 0.880. The lowest BCUT2D eigenvalue weighted by molar-refractivity contribution is 0.253. The first-order chi connectivity index (χ1) is 8.85. The zero-order chi connectivity index (χ0) is 14.6. The summed E-state index contributed by atoms with van der Waals surface area (Å²) in [6.45, 7) is 3.40. The van der Waals surface area contributed by atoms with Crippen molar-refractivity contribution in [2.75, 3.05) is 13.7 Å². The molecule has 5 nitrogen and oxygen atoms in total. The fourth-order valence-electron chi connectivity index (χ4n) is 1.54. The van der Waals surface area contributed by atoms with Crippen LogP contribution in [0.2, 0.25) is 0 Å². The van der Waals surface area contributed by atoms with Crippen LogP contribution in [-0.2, 0) is 10.0 Å². The second-order valence-electron chi connectivity index (χ2n) is 4.16. The molecule has 0 fully saturated rings. The third-order valence-corrected chi connectivity index (χ3v) is 5.17. The second-order valence-corrected chi connectivity index (χ2v) is 6.70. The van der Waals surface area contributed by atoms with E-state index in [-0.39, 0.29) is 17.3 Å². The van der Waals surface area contributed by atoms with Gasteiger partial charge in [0.25, 0.3) is 0 Å². The van der Waals surface area contributed by atoms with Crippen LogP contribution in [0, 0.1) is 6.92 Å². The fraction of sp³-hybridized carbons (Fsp3) is 0.500. The van der Waals surface area contributed by atoms with Crippen molar-refractivity contribution < 1.29 is 18.3 Å². The highest BCUT2D eigenvalue weighted by molar-refractivity contribution is 9.10. The summed E-state index contributed by atoms with van der Waals surface area (Å²) in [6.07, 6.45) is 0.505. The van der Waals surface area contributed by atoms with Crippen LogP contribution in [0.4, 0.5) is 0 Å². The van der Waals surface area contributed by atoms with Crippen molar-refractivity contribution in [1.82, 2.24) is 4.72 Å². The van der Waals surface area contributed by atoms with Crippen molar-refractivity contribution in [3.8, 4) is 5.75 Å². The van der Waals surface area contributed by atoms with Gasteiger partial charge in [0.2, 0.25) is 10.0 Å². The minimum absolute atomic E-state index is 0.0550. The lowest BCUT2D eigenvalue weighted by Gasteiger charge is -2.17. The average molecular weight is 352 g/mol. The number of sulfonamides is 1. The molecule has 0 bridgehead atoms. The predicted molar refractivity (Wildman–Crippen MR) is 76.9 cm³/mol. The first-order valence-corrected chi connectivity index (χ1v) is 8.10. The van der Waals surface area contributed by atoms with Gasteiger partial charge in [-0.2, -0.15) is 0 Å². The molecule has 1 rings (SSSR count). The molecule has 0 amide bonds. The van der Waals surface area contributed by atoms with E-state index in [4.69, 9.17) is 9.84 Å². The molecule has 1 aromatic carbocycles. The van der Waals surface area contributed by atoms with Gasteiger partial charge in [0, 0.05) is 10.5 Å². The number of ether oxygens (including phenoxy) is 1. The van der Waals surface area contributed by atoms with Gasteiger partial charge in [-0.05, 0) is 31.0 Å². The maximum Gasteiger partial charge on any atom is 0.244 e. The van der Waals surface area contributed by atoms with Crippen molar-refractivity contribution in [2.24, 2.45) is 0 Å². The van der Waals surface area contributed by atoms with Crippen LogP contribution in [-0.4, -0.2) is 33.3 Å². The Kier molecular flexibility index (Phi) is 5.79. The highest BCUT2D eigenvalue weighted by atomic mass is 79.9. The summed E-state index contributed by atoms with van der Waals surface area (Å²) in [4.78, 5) is 0.0550. The van der Waals surface area contributed by atoms with Crippen LogP contribution >= 0.6 is 15.9 Å². The Bertz CT molecular complexity index is 541. The van der Waals surface area contributed by atoms with Gasteiger partial charge in [0.05, 0.1) is 13.7 Å². The molecule has 1 aromatic rings. The minimum atomic E-state index is -3.73. The Balaban J connectivity index is 3.24. The molecule has 0 spiro atoms. The SMILES string of the molecule is CC[C@@H](CO)NS(=O)(=O)c1cc(Br)c(C)cc1OC. The molecular weight excluding hydrogens is 334 g/mol. The molecule has 0 unspecified atom stereocenters. The van der Waals surface area contributed by atoms with Crippen LogP contribution < -0.4 is 9.46 Å². The van der Waals surface area contributed by atoms with E-state index in [1.165, 1.54) is 13.2 Å². The number of halogens is 1. The number of methoxy groups -OCH3 is 1. The van der Waals surface area contributed by atoms with Gasteiger partial charge in [-0.3, -0.25) is 0 Å². The molecule has 0 aliphatic carbocycles. The molecule has 1 atom stereocenters. The maximum absolute atomic E-state index is 12.3. The molecule has 0 aliphatic rings. The molecule has 0 heterocycles. The molecular formula is C12H18BrNO4S. The predicted octanol–water partition coefficient (Wildman–Crippen LogP) is 1.82. The summed E-state index contributed by atoms with van der Waals surface area (Å²) in [5.74, 6) is 0.279. The number of benzene rings is 1. The van der Waals surface area contributed by atoms with E-state index in [9.17, 15) is 8.42 Å². The third-order valence-electron chi connectivity index (χ3n) is 2.77. The highest BCUT2D eigenvalue weighted by Crippen LogP contribution is 2.30. The van der Waals surface area contributed by atoms with Crippen LogP contribution in [0.3, 0.4) is 0 Å². The van der Waals surface area contributed by atoms with Gasteiger partial charge < -0.3 is 9.84 Å². The topological polar surface area (TPSA) is 75.6 Å². The van der Waals surface area contributed by atoms with E-state index >= 15 is 0 Å². The Labute approximate surface area is 122 Å². The van der Waals surface area contributed by atoms with Crippen molar-refractivity contribution >= 4 is 26.0 Å². The number of hydrogen-bond donors (Lipinski definition) is 2. The zero-order valence-corrected chi connectivity index (χ0v) is 13.5. The Morgan fingerprint density at radius 2 is 2.11 bits per heavy atom. The van der Waals surface area contributed by atoms with Crippen LogP contribution in [0.5, 0.6) is 5.75 Å². The lowest BCUT2D eigenvalue weighted by Crippen LogP contribution is -2.37. The number of hydrogen-bond acceptors (Lipinski definition) is 4. The molecule has 19 heavy (non-hydrogen) atoms. The van der Waals surface area contributed by atoms with Crippen molar-refractivity contribution in [2.45, 2.75) is 31.2 Å². The van der Waals surface area contributed by atoms with Crippen LogP contribution in [0.15, 0.2) is 21.5 Å². The van der Waals surface area contributed by atoms with E-state index in [1.54, 1.807) is 13.0 Å². The standard InChI is InChI=1S/C12H18BrNO4S/c1-4-9(7-15)14-19(16,17)12-6-10(13)8(2)5-11(12)18-3/h5-6,9,14-15H,4,7H2,1-3H3/t9-/m0/s1. The smallest absolute Gasteiger partial charge is 0.244 e. The first-order valence-electron chi connectivity index (χ1n) is 5.83. The Hall–Kier alpha value is -0.630. The molecule has 7 heteroatoms. The lowest BCUT2D eigenvalue weighted by atomic mass is 10.2. The van der Waals surface area contributed by atoms with E-state index in [1.807, 2.05) is 6.92 Å². The summed E-state index contributed by atoms with van der Waals surface area (Å²) < 4.78 is 32.8. The highest BCUT2D eigenvalue weighted by Gasteiger charge is 2.23. The quantitative estimate of drug-likeness (QED) is 0.819. The summed E-state index contributed by atoms with van der Waals surface area (Å²) in [7, 11) is -2.31. The second kappa shape index (κ2) is 6.69. The van der Waals surface area contributed by atoms with E-state index in [2.05, 4.69) is 20.7 Å². The van der Waals surface area contributed by atoms with E-state index in [0.29, 0.717) is 10.9 Å². The minimum Gasteiger partial charge on any atom is -0.495 e. The van der Waals surface area contributed by atoms with Gasteiger partial charge in [0.15, 0.2) is 0 Å². The van der Waals surface area contributed by atoms with Gasteiger partial charge in [-0.1, -0.05) is 22.9 Å². The van der Waals surface area contributed by atoms with Crippen LogP contribution in [0.25, 0.3) is 0 Å². The Morgan fingerprint density at radius 1 is 1.47 bits per heavy atom. The first kappa shape index (κ1) is 16.4. The molecule has 0 saturated carbocycles. The number of aliphatic hydroxyl groups excluding tert-OH is 1. The fourth-order valence-corrected chi connectivity index (χ4v) is 3.52. The van der Waals surface area contributed by atoms with Crippen LogP contribution in [0.1, 0.15) is 18.9 Å². The third kappa shape index (κ3) is 3.92. The molecule has 0 aromatic heterocycles. The summed E-state index contributed by atoms with van der Waals surface area (Å²) in [6, 6.07) is 2.65. The Morgan fingerprint density at radius 3 is 2.58 bits per heavy atom.